The number of benzene rings is 1. The van der Waals surface area contributed by atoms with Crippen LogP contribution in [0.15, 0.2) is 29.3 Å². The van der Waals surface area contributed by atoms with Crippen molar-refractivity contribution in [2.45, 2.75) is 82.7 Å². The SMILES string of the molecule is Cn1c(C2(C)CC2)c/c(=N\C(=O)c2cc(C(F)(F)F)ccc2OCCC(C)(C)O)n1C[C@H]1CCCO1. The van der Waals surface area contributed by atoms with Crippen LogP contribution >= 0.6 is 0 Å². The molecule has 2 aromatic rings. The molecule has 36 heavy (non-hydrogen) atoms. The van der Waals surface area contributed by atoms with Crippen LogP contribution in [-0.4, -0.2) is 45.3 Å². The number of alkyl halides is 3. The van der Waals surface area contributed by atoms with Gasteiger partial charge in [-0.15, -0.1) is 0 Å². The highest BCUT2D eigenvalue weighted by molar-refractivity contribution is 5.97. The van der Waals surface area contributed by atoms with Gasteiger partial charge in [0.2, 0.25) is 0 Å². The maximum Gasteiger partial charge on any atom is 0.416 e. The Bertz CT molecular complexity index is 1180. The second kappa shape index (κ2) is 9.70. The highest BCUT2D eigenvalue weighted by atomic mass is 19.4. The summed E-state index contributed by atoms with van der Waals surface area (Å²) >= 11 is 0. The molecule has 7 nitrogen and oxygen atoms in total. The molecule has 2 fully saturated rings. The van der Waals surface area contributed by atoms with Crippen LogP contribution in [0.3, 0.4) is 0 Å². The van der Waals surface area contributed by atoms with Crippen molar-refractivity contribution >= 4 is 5.91 Å². The molecule has 1 aliphatic carbocycles. The minimum absolute atomic E-state index is 0.00279. The lowest BCUT2D eigenvalue weighted by atomic mass is 10.1. The number of hydrogen-bond acceptors (Lipinski definition) is 4. The van der Waals surface area contributed by atoms with Gasteiger partial charge in [-0.05, 0) is 57.7 Å². The lowest BCUT2D eigenvalue weighted by molar-refractivity contribution is -0.137. The summed E-state index contributed by atoms with van der Waals surface area (Å²) in [7, 11) is 1.91. The number of amides is 1. The Balaban J connectivity index is 1.73. The molecular formula is C26H34F3N3O4. The molecule has 1 saturated heterocycles. The molecule has 0 radical (unpaired) electrons. The summed E-state index contributed by atoms with van der Waals surface area (Å²) in [6.45, 7) is 6.56. The smallest absolute Gasteiger partial charge is 0.416 e. The number of ether oxygens (including phenoxy) is 2. The third-order valence-corrected chi connectivity index (χ3v) is 6.98. The van der Waals surface area contributed by atoms with Crippen LogP contribution in [0.4, 0.5) is 13.2 Å². The monoisotopic (exact) mass is 509 g/mol. The predicted molar refractivity (Wildman–Crippen MR) is 127 cm³/mol. The lowest BCUT2D eigenvalue weighted by Crippen LogP contribution is -2.30. The van der Waals surface area contributed by atoms with E-state index in [-0.39, 0.29) is 35.9 Å². The van der Waals surface area contributed by atoms with E-state index < -0.39 is 23.2 Å². The van der Waals surface area contributed by atoms with Gasteiger partial charge in [0.25, 0.3) is 5.91 Å². The molecule has 1 N–H and O–H groups in total. The zero-order chi connectivity index (χ0) is 26.3. The van der Waals surface area contributed by atoms with E-state index in [0.717, 1.165) is 49.6 Å². The van der Waals surface area contributed by atoms with Crippen molar-refractivity contribution in [3.8, 4) is 5.75 Å². The number of nitrogens with zero attached hydrogens (tertiary/aromatic N) is 3. The first kappa shape index (κ1) is 26.5. The minimum atomic E-state index is -4.62. The molecule has 0 spiro atoms. The fraction of sp³-hybridized carbons (Fsp3) is 0.615. The summed E-state index contributed by atoms with van der Waals surface area (Å²) in [5.74, 6) is -0.824. The number of halogens is 3. The van der Waals surface area contributed by atoms with Crippen LogP contribution in [0.1, 0.15) is 74.5 Å². The predicted octanol–water partition coefficient (Wildman–Crippen LogP) is 4.36. The average Bonchev–Trinajstić information content (AvgIpc) is 3.17. The summed E-state index contributed by atoms with van der Waals surface area (Å²) in [4.78, 5) is 17.6. The third kappa shape index (κ3) is 6.03. The molecule has 198 valence electrons. The molecule has 1 aliphatic heterocycles. The van der Waals surface area contributed by atoms with Gasteiger partial charge < -0.3 is 14.6 Å². The Kier molecular flexibility index (Phi) is 7.13. The van der Waals surface area contributed by atoms with E-state index in [2.05, 4.69) is 11.9 Å². The molecule has 2 aliphatic rings. The maximum absolute atomic E-state index is 13.4. The molecule has 2 heterocycles. The molecule has 4 rings (SSSR count). The summed E-state index contributed by atoms with van der Waals surface area (Å²) in [6.07, 6.45) is -0.508. The van der Waals surface area contributed by atoms with E-state index in [1.165, 1.54) is 0 Å². The van der Waals surface area contributed by atoms with Crippen molar-refractivity contribution in [3.05, 3.63) is 46.6 Å². The first-order chi connectivity index (χ1) is 16.8. The molecule has 0 unspecified atom stereocenters. The second-order valence-electron chi connectivity index (χ2n) is 10.7. The topological polar surface area (TPSA) is 78.0 Å². The highest BCUT2D eigenvalue weighted by Crippen LogP contribution is 2.47. The van der Waals surface area contributed by atoms with Crippen molar-refractivity contribution in [3.63, 3.8) is 0 Å². The van der Waals surface area contributed by atoms with Gasteiger partial charge in [0.1, 0.15) is 5.75 Å². The summed E-state index contributed by atoms with van der Waals surface area (Å²) in [6, 6.07) is 4.64. The quantitative estimate of drug-likeness (QED) is 0.574. The van der Waals surface area contributed by atoms with Crippen LogP contribution in [0.25, 0.3) is 0 Å². The summed E-state index contributed by atoms with van der Waals surface area (Å²) in [5, 5.41) is 9.94. The van der Waals surface area contributed by atoms with E-state index >= 15 is 0 Å². The Labute approximate surface area is 208 Å². The Morgan fingerprint density at radius 3 is 2.58 bits per heavy atom. The van der Waals surface area contributed by atoms with Gasteiger partial charge in [-0.1, -0.05) is 6.92 Å². The normalized spacial score (nSPS) is 20.1. The molecule has 1 atom stereocenters. The zero-order valence-corrected chi connectivity index (χ0v) is 21.2. The fourth-order valence-electron chi connectivity index (χ4n) is 4.44. The second-order valence-corrected chi connectivity index (χ2v) is 10.7. The van der Waals surface area contributed by atoms with Gasteiger partial charge in [-0.25, -0.2) is 0 Å². The average molecular weight is 510 g/mol. The number of carbonyl (C=O) groups is 1. The first-order valence-electron chi connectivity index (χ1n) is 12.3. The van der Waals surface area contributed by atoms with Crippen molar-refractivity contribution in [1.82, 2.24) is 9.36 Å². The van der Waals surface area contributed by atoms with Gasteiger partial charge in [-0.3, -0.25) is 14.2 Å². The van der Waals surface area contributed by atoms with Gasteiger partial charge in [0.15, 0.2) is 5.49 Å². The number of aromatic nitrogens is 2. The van der Waals surface area contributed by atoms with Crippen LogP contribution in [0, 0.1) is 0 Å². The Hall–Kier alpha value is -2.59. The summed E-state index contributed by atoms with van der Waals surface area (Å²) < 4.78 is 55.6. The maximum atomic E-state index is 13.4. The molecule has 1 aromatic heterocycles. The van der Waals surface area contributed by atoms with E-state index in [0.29, 0.717) is 18.6 Å². The first-order valence-corrected chi connectivity index (χ1v) is 12.3. The molecule has 1 amide bonds. The van der Waals surface area contributed by atoms with Gasteiger partial charge in [0.05, 0.1) is 36.0 Å². The van der Waals surface area contributed by atoms with Crippen LogP contribution in [0.2, 0.25) is 0 Å². The minimum Gasteiger partial charge on any atom is -0.493 e. The molecular weight excluding hydrogens is 475 g/mol. The van der Waals surface area contributed by atoms with Crippen molar-refractivity contribution in [2.24, 2.45) is 12.0 Å². The van der Waals surface area contributed by atoms with E-state index in [4.69, 9.17) is 9.47 Å². The van der Waals surface area contributed by atoms with Crippen molar-refractivity contribution in [2.75, 3.05) is 13.2 Å². The van der Waals surface area contributed by atoms with E-state index in [9.17, 15) is 23.1 Å². The van der Waals surface area contributed by atoms with E-state index in [1.54, 1.807) is 13.8 Å². The van der Waals surface area contributed by atoms with Crippen molar-refractivity contribution in [1.29, 1.82) is 0 Å². The Morgan fingerprint density at radius 1 is 1.28 bits per heavy atom. The van der Waals surface area contributed by atoms with Crippen LogP contribution in [-0.2, 0) is 29.9 Å². The standard InChI is InChI=1S/C26H34F3N3O4/c1-24(2,34)11-13-36-20-8-7-17(26(27,28)29)14-19(20)23(33)30-22-15-21(25(3)9-10-25)31(4)32(22)16-18-6-5-12-35-18/h7-8,14-15,18,34H,5-6,9-13,16H2,1-4H3/b30-22+/t18-/m1/s1. The van der Waals surface area contributed by atoms with Gasteiger partial charge >= 0.3 is 6.18 Å². The van der Waals surface area contributed by atoms with Crippen LogP contribution in [0.5, 0.6) is 5.75 Å². The molecule has 1 saturated carbocycles. The molecule has 1 aromatic carbocycles. The fourth-order valence-corrected chi connectivity index (χ4v) is 4.44. The number of carbonyl (C=O) groups excluding carboxylic acids is 1. The van der Waals surface area contributed by atoms with E-state index in [1.807, 2.05) is 22.5 Å². The Morgan fingerprint density at radius 2 is 2.00 bits per heavy atom. The number of rotatable bonds is 8. The van der Waals surface area contributed by atoms with Gasteiger partial charge in [-0.2, -0.15) is 18.2 Å². The van der Waals surface area contributed by atoms with Crippen molar-refractivity contribution < 1.29 is 32.5 Å². The number of aliphatic hydroxyl groups is 1. The lowest BCUT2D eigenvalue weighted by Gasteiger charge is -2.18. The summed E-state index contributed by atoms with van der Waals surface area (Å²) in [5.41, 5.74) is -0.854. The number of hydrogen-bond donors (Lipinski definition) is 1. The highest BCUT2D eigenvalue weighted by Gasteiger charge is 2.42. The zero-order valence-electron chi connectivity index (χ0n) is 21.2. The van der Waals surface area contributed by atoms with Crippen LogP contribution < -0.4 is 10.2 Å². The molecule has 10 heteroatoms. The largest absolute Gasteiger partial charge is 0.493 e. The molecule has 0 bridgehead atoms. The third-order valence-electron chi connectivity index (χ3n) is 6.98. The van der Waals surface area contributed by atoms with Gasteiger partial charge in [0, 0.05) is 37.3 Å².